The fraction of sp³-hybridized carbons (Fsp3) is 0.273. The van der Waals surface area contributed by atoms with Gasteiger partial charge in [0.15, 0.2) is 0 Å². The Morgan fingerprint density at radius 3 is 2.73 bits per heavy atom. The van der Waals surface area contributed by atoms with Crippen LogP contribution in [0, 0.1) is 0 Å². The number of rotatable bonds is 8. The van der Waals surface area contributed by atoms with Crippen molar-refractivity contribution in [3.8, 4) is 0 Å². The van der Waals surface area contributed by atoms with Gasteiger partial charge in [-0.2, -0.15) is 11.8 Å². The minimum Gasteiger partial charge on any atom is -0.346 e. The highest BCUT2D eigenvalue weighted by atomic mass is 32.2. The molecule has 0 aliphatic carbocycles. The molecule has 0 aliphatic rings. The van der Waals surface area contributed by atoms with Crippen LogP contribution in [0.1, 0.15) is 24.7 Å². The molecule has 0 bridgehead atoms. The van der Waals surface area contributed by atoms with Crippen LogP contribution >= 0.6 is 11.8 Å². The van der Waals surface area contributed by atoms with Crippen LogP contribution in [0.4, 0.5) is 0 Å². The molecule has 2 aromatic carbocycles. The molecular formula is C22H23N5O2S. The van der Waals surface area contributed by atoms with Crippen molar-refractivity contribution < 1.29 is 4.79 Å². The van der Waals surface area contributed by atoms with Crippen LogP contribution in [0.3, 0.4) is 0 Å². The summed E-state index contributed by atoms with van der Waals surface area (Å²) in [4.78, 5) is 37.5. The molecule has 2 N–H and O–H groups in total. The fourth-order valence-electron chi connectivity index (χ4n) is 3.40. The molecule has 4 rings (SSSR count). The highest BCUT2D eigenvalue weighted by molar-refractivity contribution is 7.98. The first-order valence-electron chi connectivity index (χ1n) is 9.83. The number of imidazole rings is 1. The Bertz CT molecular complexity index is 1200. The Balaban J connectivity index is 1.46. The number of benzene rings is 2. The summed E-state index contributed by atoms with van der Waals surface area (Å²) in [6, 6.07) is 14.8. The highest BCUT2D eigenvalue weighted by Gasteiger charge is 2.18. The summed E-state index contributed by atoms with van der Waals surface area (Å²) in [5.41, 5.74) is 2.35. The number of carbonyl (C=O) groups excluding carboxylic acids is 1. The van der Waals surface area contributed by atoms with Gasteiger partial charge in [0.05, 0.1) is 34.3 Å². The first-order chi connectivity index (χ1) is 14.7. The Labute approximate surface area is 177 Å². The molecule has 1 atom stereocenters. The van der Waals surface area contributed by atoms with Crippen LogP contribution in [0.25, 0.3) is 21.9 Å². The maximum absolute atomic E-state index is 12.7. The van der Waals surface area contributed by atoms with E-state index < -0.39 is 0 Å². The van der Waals surface area contributed by atoms with E-state index in [9.17, 15) is 9.59 Å². The number of amides is 1. The van der Waals surface area contributed by atoms with Crippen LogP contribution in [0.15, 0.2) is 59.7 Å². The monoisotopic (exact) mass is 421 g/mol. The molecule has 4 aromatic rings. The number of thioether (sulfide) groups is 1. The van der Waals surface area contributed by atoms with Crippen molar-refractivity contribution in [3.63, 3.8) is 0 Å². The van der Waals surface area contributed by atoms with Gasteiger partial charge in [0.2, 0.25) is 5.91 Å². The summed E-state index contributed by atoms with van der Waals surface area (Å²) >= 11 is 1.73. The van der Waals surface area contributed by atoms with Crippen molar-refractivity contribution in [1.29, 1.82) is 0 Å². The summed E-state index contributed by atoms with van der Waals surface area (Å²) in [6.07, 6.45) is 4.50. The van der Waals surface area contributed by atoms with Gasteiger partial charge in [0, 0.05) is 13.0 Å². The molecule has 0 fully saturated rings. The number of aryl methyl sites for hydroxylation is 1. The lowest BCUT2D eigenvalue weighted by atomic mass is 10.2. The molecule has 7 nitrogen and oxygen atoms in total. The van der Waals surface area contributed by atoms with Crippen LogP contribution in [-0.4, -0.2) is 37.4 Å². The predicted molar refractivity (Wildman–Crippen MR) is 121 cm³/mol. The summed E-state index contributed by atoms with van der Waals surface area (Å²) in [6.45, 7) is 0.276. The number of H-pyrrole nitrogens is 1. The minimum atomic E-state index is -0.205. The fourth-order valence-corrected chi connectivity index (χ4v) is 3.88. The Morgan fingerprint density at radius 1 is 1.17 bits per heavy atom. The number of aromatic nitrogens is 4. The summed E-state index contributed by atoms with van der Waals surface area (Å²) in [5.74, 6) is 1.53. The van der Waals surface area contributed by atoms with E-state index >= 15 is 0 Å². The van der Waals surface area contributed by atoms with Crippen LogP contribution in [0.5, 0.6) is 0 Å². The van der Waals surface area contributed by atoms with Gasteiger partial charge < -0.3 is 10.3 Å². The maximum atomic E-state index is 12.7. The van der Waals surface area contributed by atoms with Gasteiger partial charge in [-0.3, -0.25) is 14.2 Å². The van der Waals surface area contributed by atoms with Crippen LogP contribution < -0.4 is 10.9 Å². The second kappa shape index (κ2) is 9.13. The van der Waals surface area contributed by atoms with Crippen molar-refractivity contribution in [1.82, 2.24) is 24.8 Å². The predicted octanol–water partition coefficient (Wildman–Crippen LogP) is 3.27. The van der Waals surface area contributed by atoms with E-state index in [2.05, 4.69) is 20.3 Å². The number of hydrogen-bond acceptors (Lipinski definition) is 5. The van der Waals surface area contributed by atoms with E-state index in [0.717, 1.165) is 29.0 Å². The zero-order chi connectivity index (χ0) is 20.9. The number of nitrogens with zero attached hydrogens (tertiary/aromatic N) is 3. The van der Waals surface area contributed by atoms with Crippen LogP contribution in [-0.2, 0) is 11.3 Å². The third-order valence-electron chi connectivity index (χ3n) is 4.99. The molecule has 0 spiro atoms. The lowest BCUT2D eigenvalue weighted by Gasteiger charge is -2.16. The van der Waals surface area contributed by atoms with Gasteiger partial charge in [-0.25, -0.2) is 9.97 Å². The number of fused-ring (bicyclic) bond motifs is 2. The molecule has 30 heavy (non-hydrogen) atoms. The molecule has 0 radical (unpaired) electrons. The van der Waals surface area contributed by atoms with Crippen molar-refractivity contribution in [3.05, 3.63) is 71.0 Å². The number of para-hydroxylation sites is 3. The Morgan fingerprint density at radius 2 is 1.93 bits per heavy atom. The van der Waals surface area contributed by atoms with Gasteiger partial charge in [-0.1, -0.05) is 24.3 Å². The largest absolute Gasteiger partial charge is 0.346 e. The van der Waals surface area contributed by atoms with E-state index in [1.807, 2.05) is 42.7 Å². The quantitative estimate of drug-likeness (QED) is 0.455. The first kappa shape index (κ1) is 20.2. The van der Waals surface area contributed by atoms with E-state index in [4.69, 9.17) is 0 Å². The second-order valence-corrected chi connectivity index (χ2v) is 8.04. The van der Waals surface area contributed by atoms with Gasteiger partial charge in [-0.15, -0.1) is 0 Å². The smallest absolute Gasteiger partial charge is 0.261 e. The molecule has 0 saturated heterocycles. The van der Waals surface area contributed by atoms with Crippen molar-refractivity contribution in [2.45, 2.75) is 25.4 Å². The van der Waals surface area contributed by atoms with Crippen LogP contribution in [0.2, 0.25) is 0 Å². The number of hydrogen-bond donors (Lipinski definition) is 2. The lowest BCUT2D eigenvalue weighted by molar-refractivity contribution is -0.122. The molecule has 0 saturated carbocycles. The number of aromatic amines is 1. The van der Waals surface area contributed by atoms with Crippen molar-refractivity contribution in [2.24, 2.45) is 0 Å². The third-order valence-corrected chi connectivity index (χ3v) is 5.64. The van der Waals surface area contributed by atoms with Gasteiger partial charge in [0.25, 0.3) is 5.56 Å². The summed E-state index contributed by atoms with van der Waals surface area (Å²) < 4.78 is 1.49. The average molecular weight is 422 g/mol. The first-order valence-corrected chi connectivity index (χ1v) is 11.2. The lowest BCUT2D eigenvalue weighted by Crippen LogP contribution is -2.31. The summed E-state index contributed by atoms with van der Waals surface area (Å²) in [7, 11) is 0. The van der Waals surface area contributed by atoms with Gasteiger partial charge in [0.1, 0.15) is 5.82 Å². The third kappa shape index (κ3) is 4.38. The molecule has 154 valence electrons. The normalized spacial score (nSPS) is 12.3. The number of nitrogens with one attached hydrogen (secondary N) is 2. The minimum absolute atomic E-state index is 0.124. The average Bonchev–Trinajstić information content (AvgIpc) is 3.20. The number of carbonyl (C=O) groups is 1. The topological polar surface area (TPSA) is 92.7 Å². The molecule has 2 heterocycles. The van der Waals surface area contributed by atoms with E-state index in [-0.39, 0.29) is 30.5 Å². The molecule has 8 heteroatoms. The van der Waals surface area contributed by atoms with E-state index in [1.54, 1.807) is 23.9 Å². The molecular weight excluding hydrogens is 398 g/mol. The molecule has 0 unspecified atom stereocenters. The SMILES string of the molecule is CSCC[C@H](NC(=O)CCn1cnc2ccccc2c1=O)c1nc2ccccc2[nH]1. The Kier molecular flexibility index (Phi) is 6.13. The highest BCUT2D eigenvalue weighted by Crippen LogP contribution is 2.20. The van der Waals surface area contributed by atoms with E-state index in [0.29, 0.717) is 10.9 Å². The van der Waals surface area contributed by atoms with Crippen molar-refractivity contribution in [2.75, 3.05) is 12.0 Å². The van der Waals surface area contributed by atoms with Gasteiger partial charge in [-0.05, 0) is 42.7 Å². The van der Waals surface area contributed by atoms with Gasteiger partial charge >= 0.3 is 0 Å². The molecule has 0 aliphatic heterocycles. The zero-order valence-electron chi connectivity index (χ0n) is 16.7. The standard InChI is InChI=1S/C22H23N5O2S/c1-30-13-11-19(21-25-17-8-4-5-9-18(17)26-21)24-20(28)10-12-27-14-23-16-7-3-2-6-15(16)22(27)29/h2-9,14,19H,10-13H2,1H3,(H,24,28)(H,25,26)/t19-/m0/s1. The maximum Gasteiger partial charge on any atom is 0.261 e. The Hall–Kier alpha value is -3.13. The zero-order valence-corrected chi connectivity index (χ0v) is 17.5. The van der Waals surface area contributed by atoms with Crippen molar-refractivity contribution >= 4 is 39.6 Å². The van der Waals surface area contributed by atoms with E-state index in [1.165, 1.54) is 10.9 Å². The molecule has 2 aromatic heterocycles. The molecule has 1 amide bonds. The second-order valence-electron chi connectivity index (χ2n) is 7.05. The summed E-state index contributed by atoms with van der Waals surface area (Å²) in [5, 5.41) is 3.63.